The molecule has 0 unspecified atom stereocenters. The van der Waals surface area contributed by atoms with Crippen molar-refractivity contribution >= 4 is 33.2 Å². The van der Waals surface area contributed by atoms with Gasteiger partial charge in [-0.15, -0.1) is 0 Å². The molecule has 0 atom stereocenters. The Hall–Kier alpha value is -3.44. The van der Waals surface area contributed by atoms with Crippen LogP contribution >= 0.6 is 0 Å². The Morgan fingerprint density at radius 2 is 1.60 bits per heavy atom. The van der Waals surface area contributed by atoms with Crippen LogP contribution in [0.1, 0.15) is 19.3 Å². The van der Waals surface area contributed by atoms with Crippen LogP contribution in [0, 0.1) is 0 Å². The molecule has 2 aromatic carbocycles. The summed E-state index contributed by atoms with van der Waals surface area (Å²) in [6.07, 6.45) is 1.18. The molecule has 3 heterocycles. The van der Waals surface area contributed by atoms with E-state index in [0.717, 1.165) is 6.42 Å². The second-order valence-electron chi connectivity index (χ2n) is 8.44. The zero-order valence-corrected chi connectivity index (χ0v) is 19.9. The normalized spacial score (nSPS) is 19.2. The zero-order chi connectivity index (χ0) is 24.4. The van der Waals surface area contributed by atoms with Crippen LogP contribution in [-0.4, -0.2) is 74.5 Å². The van der Waals surface area contributed by atoms with E-state index in [1.807, 2.05) is 6.07 Å². The summed E-state index contributed by atoms with van der Waals surface area (Å²) in [7, 11) is -3.76. The van der Waals surface area contributed by atoms with Gasteiger partial charge in [-0.2, -0.15) is 9.41 Å². The van der Waals surface area contributed by atoms with Crippen molar-refractivity contribution in [2.24, 2.45) is 5.10 Å². The van der Waals surface area contributed by atoms with Crippen LogP contribution in [0.3, 0.4) is 0 Å². The van der Waals surface area contributed by atoms with E-state index in [2.05, 4.69) is 5.10 Å². The summed E-state index contributed by atoms with van der Waals surface area (Å²) in [6, 6.07) is 13.6. The fourth-order valence-electron chi connectivity index (χ4n) is 4.25. The molecule has 1 fully saturated rings. The Balaban J connectivity index is 1.26. The van der Waals surface area contributed by atoms with E-state index in [0.29, 0.717) is 36.1 Å². The molecular weight excluding hydrogens is 472 g/mol. The summed E-state index contributed by atoms with van der Waals surface area (Å²) in [6.45, 7) is 1.79. The maximum Gasteiger partial charge on any atom is 0.270 e. The summed E-state index contributed by atoms with van der Waals surface area (Å²) in [4.78, 5) is 27.2. The Bertz CT molecular complexity index is 1260. The van der Waals surface area contributed by atoms with Crippen molar-refractivity contribution in [3.8, 4) is 11.5 Å². The average molecular weight is 499 g/mol. The number of para-hydroxylation sites is 1. The van der Waals surface area contributed by atoms with Gasteiger partial charge in [-0.05, 0) is 24.3 Å². The first-order chi connectivity index (χ1) is 16.9. The van der Waals surface area contributed by atoms with Crippen LogP contribution in [0.5, 0.6) is 11.5 Å². The lowest BCUT2D eigenvalue weighted by molar-refractivity contribution is -0.125. The molecule has 3 aliphatic rings. The first-order valence-electron chi connectivity index (χ1n) is 11.6. The molecule has 0 N–H and O–H groups in total. The maximum atomic E-state index is 13.2. The molecule has 0 saturated carbocycles. The monoisotopic (exact) mass is 498 g/mol. The summed E-state index contributed by atoms with van der Waals surface area (Å²) < 4.78 is 39.1. The van der Waals surface area contributed by atoms with Crippen LogP contribution in [-0.2, 0) is 19.6 Å². The lowest BCUT2D eigenvalue weighted by atomic mass is 10.1. The van der Waals surface area contributed by atoms with Gasteiger partial charge in [-0.25, -0.2) is 13.4 Å². The number of nitrogens with zero attached hydrogens (tertiary/aromatic N) is 4. The predicted molar refractivity (Wildman–Crippen MR) is 128 cm³/mol. The van der Waals surface area contributed by atoms with Crippen molar-refractivity contribution < 1.29 is 27.5 Å². The Kier molecular flexibility index (Phi) is 6.44. The second kappa shape index (κ2) is 9.67. The minimum absolute atomic E-state index is 0.134. The lowest BCUT2D eigenvalue weighted by Crippen LogP contribution is -2.52. The number of piperazine rings is 1. The van der Waals surface area contributed by atoms with Crippen LogP contribution < -0.4 is 14.5 Å². The summed E-state index contributed by atoms with van der Waals surface area (Å²) in [5.41, 5.74) is 0.904. The number of ether oxygens (including phenoxy) is 2. The third kappa shape index (κ3) is 4.73. The molecule has 1 saturated heterocycles. The number of hydrogen-bond acceptors (Lipinski definition) is 7. The smallest absolute Gasteiger partial charge is 0.270 e. The molecule has 2 aromatic rings. The number of hydrazone groups is 1. The zero-order valence-electron chi connectivity index (χ0n) is 19.1. The van der Waals surface area contributed by atoms with E-state index in [9.17, 15) is 18.0 Å². The number of hydrogen-bond donors (Lipinski definition) is 0. The quantitative estimate of drug-likeness (QED) is 0.637. The topological polar surface area (TPSA) is 109 Å². The highest BCUT2D eigenvalue weighted by molar-refractivity contribution is 7.89. The molecule has 2 amide bonds. The molecule has 5 rings (SSSR count). The van der Waals surface area contributed by atoms with Gasteiger partial charge in [-0.3, -0.25) is 9.59 Å². The molecule has 184 valence electrons. The lowest BCUT2D eigenvalue weighted by Gasteiger charge is -2.35. The molecule has 35 heavy (non-hydrogen) atoms. The van der Waals surface area contributed by atoms with Crippen molar-refractivity contribution in [1.29, 1.82) is 0 Å². The minimum atomic E-state index is -3.76. The van der Waals surface area contributed by atoms with E-state index in [4.69, 9.17) is 9.47 Å². The maximum absolute atomic E-state index is 13.2. The first kappa shape index (κ1) is 23.3. The molecule has 0 spiro atoms. The fraction of sp³-hybridized carbons (Fsp3) is 0.375. The summed E-state index contributed by atoms with van der Waals surface area (Å²) in [5, 5.41) is 5.59. The minimum Gasteiger partial charge on any atom is -0.490 e. The molecule has 3 aliphatic heterocycles. The number of rotatable bonds is 4. The van der Waals surface area contributed by atoms with E-state index >= 15 is 0 Å². The van der Waals surface area contributed by atoms with Gasteiger partial charge >= 0.3 is 0 Å². The number of fused-ring (bicyclic) bond motifs is 1. The first-order valence-corrected chi connectivity index (χ1v) is 13.0. The highest BCUT2D eigenvalue weighted by atomic mass is 32.2. The van der Waals surface area contributed by atoms with Gasteiger partial charge in [0.1, 0.15) is 5.71 Å². The van der Waals surface area contributed by atoms with Crippen molar-refractivity contribution in [1.82, 2.24) is 9.21 Å². The molecule has 10 nitrogen and oxygen atoms in total. The molecule has 0 aromatic heterocycles. The number of carbonyl (C=O) groups excluding carboxylic acids is 2. The van der Waals surface area contributed by atoms with Gasteiger partial charge in [0.05, 0.1) is 23.8 Å². The number of benzene rings is 2. The highest BCUT2D eigenvalue weighted by Gasteiger charge is 2.34. The Morgan fingerprint density at radius 1 is 0.886 bits per heavy atom. The van der Waals surface area contributed by atoms with Gasteiger partial charge in [0.2, 0.25) is 15.9 Å². The average Bonchev–Trinajstić information content (AvgIpc) is 3.14. The van der Waals surface area contributed by atoms with Crippen molar-refractivity contribution in [3.63, 3.8) is 0 Å². The second-order valence-corrected chi connectivity index (χ2v) is 10.4. The van der Waals surface area contributed by atoms with Crippen LogP contribution in [0.25, 0.3) is 0 Å². The highest BCUT2D eigenvalue weighted by Crippen LogP contribution is 2.33. The summed E-state index contributed by atoms with van der Waals surface area (Å²) >= 11 is 0. The summed E-state index contributed by atoms with van der Waals surface area (Å²) in [5.74, 6) is 0.517. The fourth-order valence-corrected chi connectivity index (χ4v) is 5.68. The van der Waals surface area contributed by atoms with Gasteiger partial charge in [-0.1, -0.05) is 18.2 Å². The third-order valence-electron chi connectivity index (χ3n) is 6.16. The number of sulfonamides is 1. The predicted octanol–water partition coefficient (Wildman–Crippen LogP) is 1.86. The van der Waals surface area contributed by atoms with E-state index < -0.39 is 10.0 Å². The van der Waals surface area contributed by atoms with Gasteiger partial charge < -0.3 is 14.4 Å². The van der Waals surface area contributed by atoms with E-state index in [-0.39, 0.29) is 55.7 Å². The molecule has 11 heteroatoms. The molecule has 0 aliphatic carbocycles. The number of amides is 2. The largest absolute Gasteiger partial charge is 0.490 e. The standard InChI is InChI=1S/C24H26N4O6S/c29-23-10-8-20(25-28(23)18-5-2-1-3-6-18)24(30)26-11-13-27(14-12-26)35(31,32)19-7-9-21-22(17-19)34-16-4-15-33-21/h1-3,5-7,9,17H,4,8,10-16H2. The van der Waals surface area contributed by atoms with Gasteiger partial charge in [0, 0.05) is 51.5 Å². The number of carbonyl (C=O) groups is 2. The Labute approximate surface area is 203 Å². The molecular formula is C24H26N4O6S. The van der Waals surface area contributed by atoms with Gasteiger partial charge in [0.15, 0.2) is 11.5 Å². The molecule has 0 bridgehead atoms. The van der Waals surface area contributed by atoms with Gasteiger partial charge in [0.25, 0.3) is 5.91 Å². The van der Waals surface area contributed by atoms with Crippen LogP contribution in [0.15, 0.2) is 58.5 Å². The van der Waals surface area contributed by atoms with Crippen LogP contribution in [0.4, 0.5) is 5.69 Å². The van der Waals surface area contributed by atoms with Crippen molar-refractivity contribution in [2.45, 2.75) is 24.2 Å². The SMILES string of the molecule is O=C(C1=NN(c2ccccc2)C(=O)CC1)N1CCN(S(=O)(=O)c2ccc3c(c2)OCCCO3)CC1. The third-order valence-corrected chi connectivity index (χ3v) is 8.06. The van der Waals surface area contributed by atoms with Crippen LogP contribution in [0.2, 0.25) is 0 Å². The van der Waals surface area contributed by atoms with E-state index in [1.54, 1.807) is 35.2 Å². The number of anilines is 1. The van der Waals surface area contributed by atoms with E-state index in [1.165, 1.54) is 21.4 Å². The Morgan fingerprint density at radius 3 is 2.34 bits per heavy atom. The molecule has 0 radical (unpaired) electrons. The van der Waals surface area contributed by atoms with Crippen molar-refractivity contribution in [3.05, 3.63) is 48.5 Å². The van der Waals surface area contributed by atoms with Crippen molar-refractivity contribution in [2.75, 3.05) is 44.4 Å².